The van der Waals surface area contributed by atoms with E-state index in [-0.39, 0.29) is 17.2 Å². The summed E-state index contributed by atoms with van der Waals surface area (Å²) in [5, 5.41) is 9.12. The van der Waals surface area contributed by atoms with E-state index in [4.69, 9.17) is 24.5 Å². The van der Waals surface area contributed by atoms with Crippen molar-refractivity contribution in [2.24, 2.45) is 0 Å². The number of halogens is 1. The van der Waals surface area contributed by atoms with Gasteiger partial charge in [0.15, 0.2) is 11.5 Å². The Hall–Kier alpha value is -3.93. The van der Waals surface area contributed by atoms with E-state index in [1.165, 1.54) is 17.1 Å². The van der Waals surface area contributed by atoms with Crippen molar-refractivity contribution in [2.75, 3.05) is 19.7 Å². The Balaban J connectivity index is 1.07. The fourth-order valence-corrected chi connectivity index (χ4v) is 6.43. The average molecular weight is 553 g/mol. The number of hydrogen-bond donors (Lipinski definition) is 0. The number of nitrogens with zero attached hydrogens (tertiary/aromatic N) is 4. The second kappa shape index (κ2) is 10.2. The highest BCUT2D eigenvalue weighted by Crippen LogP contribution is 2.49. The van der Waals surface area contributed by atoms with E-state index >= 15 is 0 Å². The molecule has 1 unspecified atom stereocenters. The summed E-state index contributed by atoms with van der Waals surface area (Å²) >= 11 is 0. The zero-order valence-electron chi connectivity index (χ0n) is 23.4. The minimum absolute atomic E-state index is 0.264. The molecule has 4 aromatic rings. The number of rotatable bonds is 6. The van der Waals surface area contributed by atoms with Gasteiger partial charge in [-0.2, -0.15) is 5.26 Å². The van der Waals surface area contributed by atoms with Crippen LogP contribution in [0.2, 0.25) is 0 Å². The van der Waals surface area contributed by atoms with Gasteiger partial charge in [-0.25, -0.2) is 9.37 Å². The molecule has 4 heterocycles. The molecule has 0 saturated carbocycles. The number of ether oxygens (including phenoxy) is 3. The van der Waals surface area contributed by atoms with Gasteiger partial charge < -0.3 is 18.8 Å². The fourth-order valence-electron chi connectivity index (χ4n) is 6.43. The number of likely N-dealkylation sites (tertiary alicyclic amines) is 1. The lowest BCUT2D eigenvalue weighted by Crippen LogP contribution is -2.35. The minimum atomic E-state index is -1.29. The van der Waals surface area contributed by atoms with E-state index in [1.54, 1.807) is 19.1 Å². The van der Waals surface area contributed by atoms with Gasteiger partial charge >= 0.3 is 0 Å². The second-order valence-corrected chi connectivity index (χ2v) is 11.5. The molecule has 0 spiro atoms. The van der Waals surface area contributed by atoms with Gasteiger partial charge in [0.05, 0.1) is 47.4 Å². The van der Waals surface area contributed by atoms with Crippen LogP contribution in [0.15, 0.2) is 54.6 Å². The first-order chi connectivity index (χ1) is 19.9. The fraction of sp³-hybridized carbons (Fsp3) is 0.394. The molecule has 7 nitrogen and oxygen atoms in total. The van der Waals surface area contributed by atoms with Gasteiger partial charge in [0, 0.05) is 19.1 Å². The molecule has 210 valence electrons. The molecule has 8 heteroatoms. The average Bonchev–Trinajstić information content (AvgIpc) is 3.48. The number of para-hydroxylation sites is 2. The number of hydrogen-bond acceptors (Lipinski definition) is 6. The van der Waals surface area contributed by atoms with Gasteiger partial charge in [-0.05, 0) is 81.1 Å². The van der Waals surface area contributed by atoms with Gasteiger partial charge in [0.25, 0.3) is 5.79 Å². The Morgan fingerprint density at radius 2 is 1.88 bits per heavy atom. The zero-order valence-corrected chi connectivity index (χ0v) is 23.4. The molecule has 3 aromatic carbocycles. The third-order valence-electron chi connectivity index (χ3n) is 8.83. The Labute approximate surface area is 239 Å². The molecular weight excluding hydrogens is 519 g/mol. The molecule has 2 saturated heterocycles. The van der Waals surface area contributed by atoms with Crippen LogP contribution in [0.5, 0.6) is 11.5 Å². The van der Waals surface area contributed by atoms with Gasteiger partial charge in [0.1, 0.15) is 11.6 Å². The standard InChI is InChI=1S/C33H33FN4O3/c1-21-5-3-7-28-31(21)36-30(38(28)19-24-13-16-39-24)20-37-14-11-23(12-15-37)25-6-4-8-29-32(25)41-33(2,40-29)26-10-9-22(18-35)17-27(26)34/h3-10,17,23-24H,11-16,19-20H2,1-2H3/t24-,33?/m0/s1. The Morgan fingerprint density at radius 3 is 2.61 bits per heavy atom. The van der Waals surface area contributed by atoms with Crippen LogP contribution < -0.4 is 9.47 Å². The quantitative estimate of drug-likeness (QED) is 0.285. The van der Waals surface area contributed by atoms with Crippen molar-refractivity contribution < 1.29 is 18.6 Å². The molecule has 2 atom stereocenters. The normalized spacial score (nSPS) is 22.5. The molecule has 1 aromatic heterocycles. The highest BCUT2D eigenvalue weighted by molar-refractivity contribution is 5.79. The Morgan fingerprint density at radius 1 is 1.07 bits per heavy atom. The molecule has 0 aliphatic carbocycles. The summed E-state index contributed by atoms with van der Waals surface area (Å²) in [5.41, 5.74) is 5.10. The van der Waals surface area contributed by atoms with Crippen molar-refractivity contribution in [3.63, 3.8) is 0 Å². The monoisotopic (exact) mass is 552 g/mol. The molecular formula is C33H33FN4O3. The van der Waals surface area contributed by atoms with Gasteiger partial charge in [-0.3, -0.25) is 4.90 Å². The number of nitriles is 1. The van der Waals surface area contributed by atoms with E-state index in [2.05, 4.69) is 40.7 Å². The smallest absolute Gasteiger partial charge is 0.278 e. The molecule has 7 rings (SSSR count). The van der Waals surface area contributed by atoms with Gasteiger partial charge in [-0.15, -0.1) is 0 Å². The zero-order chi connectivity index (χ0) is 28.1. The van der Waals surface area contributed by atoms with Crippen molar-refractivity contribution in [3.8, 4) is 17.6 Å². The van der Waals surface area contributed by atoms with Crippen LogP contribution >= 0.6 is 0 Å². The molecule has 0 bridgehead atoms. The van der Waals surface area contributed by atoms with Gasteiger partial charge in [0.2, 0.25) is 0 Å². The van der Waals surface area contributed by atoms with Crippen molar-refractivity contribution >= 4 is 11.0 Å². The highest BCUT2D eigenvalue weighted by Gasteiger charge is 2.43. The number of benzene rings is 3. The predicted molar refractivity (Wildman–Crippen MR) is 152 cm³/mol. The highest BCUT2D eigenvalue weighted by atomic mass is 19.1. The summed E-state index contributed by atoms with van der Waals surface area (Å²) in [6.45, 7) is 8.23. The first-order valence-corrected chi connectivity index (χ1v) is 14.4. The molecule has 3 aliphatic heterocycles. The largest absolute Gasteiger partial charge is 0.444 e. The molecule has 41 heavy (non-hydrogen) atoms. The molecule has 0 radical (unpaired) electrons. The van der Waals surface area contributed by atoms with Crippen LogP contribution in [0.25, 0.3) is 11.0 Å². The van der Waals surface area contributed by atoms with Crippen molar-refractivity contribution in [3.05, 3.63) is 88.5 Å². The lowest BCUT2D eigenvalue weighted by atomic mass is 9.88. The maximum absolute atomic E-state index is 14.9. The molecule has 2 fully saturated rings. The second-order valence-electron chi connectivity index (χ2n) is 11.5. The van der Waals surface area contributed by atoms with E-state index in [0.717, 1.165) is 69.0 Å². The number of piperidine rings is 1. The molecule has 3 aliphatic rings. The lowest BCUT2D eigenvalue weighted by molar-refractivity contribution is -0.0712. The number of aromatic nitrogens is 2. The summed E-state index contributed by atoms with van der Waals surface area (Å²) in [4.78, 5) is 7.57. The van der Waals surface area contributed by atoms with Crippen LogP contribution in [0.1, 0.15) is 60.2 Å². The minimum Gasteiger partial charge on any atom is -0.444 e. The van der Waals surface area contributed by atoms with Gasteiger partial charge in [-0.1, -0.05) is 24.3 Å². The maximum Gasteiger partial charge on any atom is 0.278 e. The first kappa shape index (κ1) is 26.0. The van der Waals surface area contributed by atoms with E-state index in [9.17, 15) is 4.39 Å². The predicted octanol–water partition coefficient (Wildman–Crippen LogP) is 6.17. The van der Waals surface area contributed by atoms with E-state index < -0.39 is 11.6 Å². The van der Waals surface area contributed by atoms with Crippen LogP contribution in [-0.4, -0.2) is 40.3 Å². The summed E-state index contributed by atoms with van der Waals surface area (Å²) in [7, 11) is 0. The number of fused-ring (bicyclic) bond motifs is 2. The van der Waals surface area contributed by atoms with Crippen molar-refractivity contribution in [1.29, 1.82) is 5.26 Å². The summed E-state index contributed by atoms with van der Waals surface area (Å²) < 4.78 is 35.6. The van der Waals surface area contributed by atoms with E-state index in [0.29, 0.717) is 17.4 Å². The van der Waals surface area contributed by atoms with Crippen LogP contribution in [-0.2, 0) is 23.6 Å². The number of imidazole rings is 1. The first-order valence-electron chi connectivity index (χ1n) is 14.4. The summed E-state index contributed by atoms with van der Waals surface area (Å²) in [6, 6.07) is 18.7. The Bertz CT molecular complexity index is 1670. The molecule has 0 amide bonds. The molecule has 0 N–H and O–H groups in total. The number of aryl methyl sites for hydroxylation is 1. The van der Waals surface area contributed by atoms with E-state index in [1.807, 2.05) is 18.2 Å². The van der Waals surface area contributed by atoms with Crippen LogP contribution in [0, 0.1) is 24.1 Å². The Kier molecular flexibility index (Phi) is 6.44. The topological polar surface area (TPSA) is 72.5 Å². The summed E-state index contributed by atoms with van der Waals surface area (Å²) in [5.74, 6) is 0.912. The van der Waals surface area contributed by atoms with Crippen molar-refractivity contribution in [2.45, 2.75) is 64.0 Å². The van der Waals surface area contributed by atoms with Crippen molar-refractivity contribution in [1.82, 2.24) is 14.5 Å². The third kappa shape index (κ3) is 4.63. The maximum atomic E-state index is 14.9. The SMILES string of the molecule is Cc1cccc2c1nc(CN1CCC(c3cccc4c3OC(C)(c3ccc(C#N)cc3F)O4)CC1)n2C[C@@H]1CCO1. The van der Waals surface area contributed by atoms with Crippen LogP contribution in [0.4, 0.5) is 4.39 Å². The third-order valence-corrected chi connectivity index (χ3v) is 8.83. The van der Waals surface area contributed by atoms with Crippen LogP contribution in [0.3, 0.4) is 0 Å². The lowest BCUT2D eigenvalue weighted by Gasteiger charge is -2.33. The summed E-state index contributed by atoms with van der Waals surface area (Å²) in [6.07, 6.45) is 3.32.